The van der Waals surface area contributed by atoms with Crippen LogP contribution in [0, 0.1) is 6.92 Å². The normalized spacial score (nSPS) is 18.2. The van der Waals surface area contributed by atoms with Crippen LogP contribution in [0.3, 0.4) is 0 Å². The SMILES string of the molecule is Cc1ccc(-n2nc(C3(C)CCOCC3)cc2NC(=O)Nc2ncc(CCN3CCCCC3)s2)cc1. The van der Waals surface area contributed by atoms with Crippen LogP contribution < -0.4 is 10.6 Å². The highest BCUT2D eigenvalue weighted by Crippen LogP contribution is 2.35. The summed E-state index contributed by atoms with van der Waals surface area (Å²) in [5.74, 6) is 0.640. The van der Waals surface area contributed by atoms with Crippen LogP contribution in [0.1, 0.15) is 55.2 Å². The van der Waals surface area contributed by atoms with Gasteiger partial charge in [0.05, 0.1) is 11.4 Å². The summed E-state index contributed by atoms with van der Waals surface area (Å²) < 4.78 is 7.40. The van der Waals surface area contributed by atoms with E-state index >= 15 is 0 Å². The van der Waals surface area contributed by atoms with Crippen molar-refractivity contribution in [3.63, 3.8) is 0 Å². The van der Waals surface area contributed by atoms with Crippen molar-refractivity contribution in [3.8, 4) is 5.69 Å². The number of carbonyl (C=O) groups excluding carboxylic acids is 1. The predicted molar refractivity (Wildman–Crippen MR) is 144 cm³/mol. The Morgan fingerprint density at radius 3 is 2.61 bits per heavy atom. The van der Waals surface area contributed by atoms with Gasteiger partial charge in [-0.3, -0.25) is 10.6 Å². The molecule has 0 atom stereocenters. The number of aryl methyl sites for hydroxylation is 1. The molecule has 0 aliphatic carbocycles. The van der Waals surface area contributed by atoms with E-state index in [2.05, 4.69) is 46.5 Å². The zero-order valence-electron chi connectivity index (χ0n) is 21.3. The van der Waals surface area contributed by atoms with Crippen LogP contribution in [0.5, 0.6) is 0 Å². The number of amides is 2. The number of carbonyl (C=O) groups is 1. The lowest BCUT2D eigenvalue weighted by Crippen LogP contribution is -2.31. The van der Waals surface area contributed by atoms with E-state index < -0.39 is 0 Å². The van der Waals surface area contributed by atoms with Gasteiger partial charge in [-0.05, 0) is 64.3 Å². The van der Waals surface area contributed by atoms with E-state index in [0.29, 0.717) is 10.9 Å². The third-order valence-corrected chi connectivity index (χ3v) is 8.31. The third-order valence-electron chi connectivity index (χ3n) is 7.34. The Morgan fingerprint density at radius 1 is 1.11 bits per heavy atom. The number of rotatable bonds is 7. The Morgan fingerprint density at radius 2 is 1.86 bits per heavy atom. The maximum absolute atomic E-state index is 13.0. The number of anilines is 2. The monoisotopic (exact) mass is 508 g/mol. The highest BCUT2D eigenvalue weighted by Gasteiger charge is 2.33. The number of hydrogen-bond acceptors (Lipinski definition) is 6. The Kier molecular flexibility index (Phi) is 7.69. The minimum Gasteiger partial charge on any atom is -0.381 e. The molecule has 0 bridgehead atoms. The molecule has 192 valence electrons. The van der Waals surface area contributed by atoms with Crippen molar-refractivity contribution >= 4 is 28.3 Å². The van der Waals surface area contributed by atoms with Crippen molar-refractivity contribution in [1.29, 1.82) is 0 Å². The van der Waals surface area contributed by atoms with Crippen LogP contribution in [-0.4, -0.2) is 58.5 Å². The van der Waals surface area contributed by atoms with Crippen molar-refractivity contribution in [2.75, 3.05) is 43.5 Å². The van der Waals surface area contributed by atoms with Crippen LogP contribution in [0.2, 0.25) is 0 Å². The molecule has 2 fully saturated rings. The highest BCUT2D eigenvalue weighted by molar-refractivity contribution is 7.15. The van der Waals surface area contributed by atoms with Crippen LogP contribution in [0.15, 0.2) is 36.5 Å². The summed E-state index contributed by atoms with van der Waals surface area (Å²) in [5, 5.41) is 11.5. The van der Waals surface area contributed by atoms with E-state index in [1.54, 1.807) is 11.3 Å². The fourth-order valence-electron chi connectivity index (χ4n) is 4.90. The summed E-state index contributed by atoms with van der Waals surface area (Å²) in [4.78, 5) is 21.1. The van der Waals surface area contributed by atoms with Gasteiger partial charge in [0.15, 0.2) is 5.13 Å². The second-order valence-corrected chi connectivity index (χ2v) is 11.3. The molecule has 0 spiro atoms. The summed E-state index contributed by atoms with van der Waals surface area (Å²) >= 11 is 1.54. The summed E-state index contributed by atoms with van der Waals surface area (Å²) in [6.07, 6.45) is 8.59. The average Bonchev–Trinajstić information content (AvgIpc) is 3.52. The first-order valence-electron chi connectivity index (χ1n) is 13.0. The molecular formula is C27H36N6O2S. The maximum atomic E-state index is 13.0. The Balaban J connectivity index is 1.28. The van der Waals surface area contributed by atoms with Crippen LogP contribution >= 0.6 is 11.3 Å². The molecule has 9 heteroatoms. The number of aromatic nitrogens is 3. The van der Waals surface area contributed by atoms with Crippen molar-refractivity contribution < 1.29 is 9.53 Å². The summed E-state index contributed by atoms with van der Waals surface area (Å²) in [6, 6.07) is 9.84. The molecule has 4 heterocycles. The van der Waals surface area contributed by atoms with Gasteiger partial charge in [-0.1, -0.05) is 31.0 Å². The van der Waals surface area contributed by atoms with E-state index in [1.807, 2.05) is 29.1 Å². The van der Waals surface area contributed by atoms with Gasteiger partial charge in [-0.15, -0.1) is 11.3 Å². The Hall–Kier alpha value is -2.75. The molecule has 2 saturated heterocycles. The minimum atomic E-state index is -0.316. The number of nitrogens with one attached hydrogen (secondary N) is 2. The number of likely N-dealkylation sites (tertiary alicyclic amines) is 1. The zero-order valence-corrected chi connectivity index (χ0v) is 22.1. The molecule has 0 unspecified atom stereocenters. The minimum absolute atomic E-state index is 0.0837. The number of benzene rings is 1. The standard InChI is InChI=1S/C27H36N6O2S/c1-20-6-8-21(9-7-20)33-24(18-23(31-33)27(2)11-16-35-17-12-27)29-25(34)30-26-28-19-22(36-26)10-15-32-13-4-3-5-14-32/h6-9,18-19H,3-5,10-17H2,1-2H3,(H2,28,29,30,34). The maximum Gasteiger partial charge on any atom is 0.326 e. The molecule has 1 aromatic carbocycles. The molecule has 2 aromatic heterocycles. The summed E-state index contributed by atoms with van der Waals surface area (Å²) in [6.45, 7) is 9.16. The van der Waals surface area contributed by atoms with Gasteiger partial charge in [0.25, 0.3) is 0 Å². The number of piperidine rings is 1. The fraction of sp³-hybridized carbons (Fsp3) is 0.519. The van der Waals surface area contributed by atoms with Crippen molar-refractivity contribution in [2.24, 2.45) is 0 Å². The van der Waals surface area contributed by atoms with Crippen molar-refractivity contribution in [2.45, 2.75) is 57.8 Å². The van der Waals surface area contributed by atoms with E-state index in [9.17, 15) is 4.79 Å². The first kappa shape index (κ1) is 24.9. The first-order chi connectivity index (χ1) is 17.5. The third kappa shape index (κ3) is 5.96. The van der Waals surface area contributed by atoms with E-state index in [0.717, 1.165) is 50.4 Å². The molecular weight excluding hydrogens is 472 g/mol. The Bertz CT molecular complexity index is 1160. The topological polar surface area (TPSA) is 84.3 Å². The lowest BCUT2D eigenvalue weighted by molar-refractivity contribution is 0.0549. The van der Waals surface area contributed by atoms with Crippen LogP contribution in [-0.2, 0) is 16.6 Å². The molecule has 2 amide bonds. The molecule has 2 aliphatic heterocycles. The van der Waals surface area contributed by atoms with E-state index in [1.165, 1.54) is 42.8 Å². The molecule has 0 radical (unpaired) electrons. The first-order valence-corrected chi connectivity index (χ1v) is 13.8. The number of hydrogen-bond donors (Lipinski definition) is 2. The molecule has 3 aromatic rings. The molecule has 0 saturated carbocycles. The van der Waals surface area contributed by atoms with Gasteiger partial charge < -0.3 is 9.64 Å². The lowest BCUT2D eigenvalue weighted by atomic mass is 9.79. The summed E-state index contributed by atoms with van der Waals surface area (Å²) in [5.41, 5.74) is 2.97. The second kappa shape index (κ2) is 11.1. The van der Waals surface area contributed by atoms with E-state index in [4.69, 9.17) is 9.84 Å². The molecule has 5 rings (SSSR count). The second-order valence-electron chi connectivity index (χ2n) is 10.2. The van der Waals surface area contributed by atoms with Gasteiger partial charge in [0, 0.05) is 42.3 Å². The number of urea groups is 1. The zero-order chi connectivity index (χ0) is 25.0. The molecule has 8 nitrogen and oxygen atoms in total. The number of ether oxygens (including phenoxy) is 1. The largest absolute Gasteiger partial charge is 0.381 e. The highest BCUT2D eigenvalue weighted by atomic mass is 32.1. The quantitative estimate of drug-likeness (QED) is 0.448. The predicted octanol–water partition coefficient (Wildman–Crippen LogP) is 5.38. The number of nitrogens with zero attached hydrogens (tertiary/aromatic N) is 4. The number of thiazole rings is 1. The molecule has 36 heavy (non-hydrogen) atoms. The molecule has 2 aliphatic rings. The fourth-order valence-corrected chi connectivity index (χ4v) is 5.70. The van der Waals surface area contributed by atoms with Gasteiger partial charge >= 0.3 is 6.03 Å². The molecule has 2 N–H and O–H groups in total. The smallest absolute Gasteiger partial charge is 0.326 e. The average molecular weight is 509 g/mol. The lowest BCUT2D eigenvalue weighted by Gasteiger charge is -2.31. The summed E-state index contributed by atoms with van der Waals surface area (Å²) in [7, 11) is 0. The Labute approximate surface area is 217 Å². The van der Waals surface area contributed by atoms with Crippen molar-refractivity contribution in [1.82, 2.24) is 19.7 Å². The van der Waals surface area contributed by atoms with E-state index in [-0.39, 0.29) is 11.4 Å². The van der Waals surface area contributed by atoms with Crippen molar-refractivity contribution in [3.05, 3.63) is 52.7 Å². The van der Waals surface area contributed by atoms with Gasteiger partial charge in [0.2, 0.25) is 0 Å². The van der Waals surface area contributed by atoms with Crippen LogP contribution in [0.25, 0.3) is 5.69 Å². The van der Waals surface area contributed by atoms with Gasteiger partial charge in [-0.2, -0.15) is 5.10 Å². The van der Waals surface area contributed by atoms with Gasteiger partial charge in [0.1, 0.15) is 5.82 Å². The van der Waals surface area contributed by atoms with Gasteiger partial charge in [-0.25, -0.2) is 14.5 Å². The van der Waals surface area contributed by atoms with Crippen LogP contribution in [0.4, 0.5) is 15.7 Å².